The Balaban J connectivity index is 1.79. The van der Waals surface area contributed by atoms with Crippen molar-refractivity contribution in [3.8, 4) is 0 Å². The van der Waals surface area contributed by atoms with Crippen LogP contribution in [0.25, 0.3) is 10.9 Å². The van der Waals surface area contributed by atoms with Crippen molar-refractivity contribution in [2.75, 3.05) is 0 Å². The van der Waals surface area contributed by atoms with E-state index in [1.807, 2.05) is 42.5 Å². The SMILES string of the molecule is O=C1c2ccc3[nH]ccc3c2C(=O)N1Cc1ccccc1. The lowest BCUT2D eigenvalue weighted by Crippen LogP contribution is -2.29. The maximum Gasteiger partial charge on any atom is 0.262 e. The van der Waals surface area contributed by atoms with Crippen LogP contribution in [0.4, 0.5) is 0 Å². The molecular weight excluding hydrogens is 264 g/mol. The molecule has 0 bridgehead atoms. The summed E-state index contributed by atoms with van der Waals surface area (Å²) in [4.78, 5) is 29.5. The average Bonchev–Trinajstić information content (AvgIpc) is 3.07. The standard InChI is InChI=1S/C17H12N2O2/c20-16-13-6-7-14-12(8-9-18-14)15(13)17(21)19(16)10-11-4-2-1-3-5-11/h1-9,18H,10H2. The van der Waals surface area contributed by atoms with Crippen molar-refractivity contribution < 1.29 is 9.59 Å². The molecule has 0 unspecified atom stereocenters. The predicted molar refractivity (Wildman–Crippen MR) is 78.9 cm³/mol. The minimum atomic E-state index is -0.220. The van der Waals surface area contributed by atoms with Crippen molar-refractivity contribution >= 4 is 22.7 Å². The van der Waals surface area contributed by atoms with Crippen LogP contribution in [0.2, 0.25) is 0 Å². The van der Waals surface area contributed by atoms with Gasteiger partial charge in [-0.3, -0.25) is 14.5 Å². The summed E-state index contributed by atoms with van der Waals surface area (Å²) in [6.07, 6.45) is 1.78. The van der Waals surface area contributed by atoms with E-state index in [1.165, 1.54) is 4.90 Å². The number of hydrogen-bond acceptors (Lipinski definition) is 2. The van der Waals surface area contributed by atoms with Crippen LogP contribution in [-0.4, -0.2) is 21.7 Å². The van der Waals surface area contributed by atoms with Gasteiger partial charge in [-0.15, -0.1) is 0 Å². The van der Waals surface area contributed by atoms with Crippen LogP contribution in [-0.2, 0) is 6.54 Å². The van der Waals surface area contributed by atoms with Gasteiger partial charge in [-0.05, 0) is 23.8 Å². The molecule has 4 rings (SSSR count). The fraction of sp³-hybridized carbons (Fsp3) is 0.0588. The molecule has 2 heterocycles. The van der Waals surface area contributed by atoms with Crippen molar-refractivity contribution in [2.24, 2.45) is 0 Å². The molecule has 1 aliphatic rings. The smallest absolute Gasteiger partial charge is 0.262 e. The summed E-state index contributed by atoms with van der Waals surface area (Å²) < 4.78 is 0. The third kappa shape index (κ3) is 1.69. The number of H-pyrrole nitrogens is 1. The molecule has 4 nitrogen and oxygen atoms in total. The third-order valence-electron chi connectivity index (χ3n) is 3.85. The Morgan fingerprint density at radius 1 is 0.905 bits per heavy atom. The van der Waals surface area contributed by atoms with Gasteiger partial charge in [-0.2, -0.15) is 0 Å². The molecule has 0 aliphatic carbocycles. The molecule has 0 atom stereocenters. The molecule has 0 saturated carbocycles. The fourth-order valence-corrected chi connectivity index (χ4v) is 2.82. The van der Waals surface area contributed by atoms with E-state index < -0.39 is 0 Å². The number of nitrogens with zero attached hydrogens (tertiary/aromatic N) is 1. The van der Waals surface area contributed by atoms with Gasteiger partial charge in [-0.25, -0.2) is 0 Å². The normalized spacial score (nSPS) is 14.0. The highest BCUT2D eigenvalue weighted by molar-refractivity contribution is 6.26. The molecule has 1 aliphatic heterocycles. The minimum Gasteiger partial charge on any atom is -0.361 e. The second-order valence-electron chi connectivity index (χ2n) is 5.11. The van der Waals surface area contributed by atoms with Crippen LogP contribution >= 0.6 is 0 Å². The van der Waals surface area contributed by atoms with Gasteiger partial charge in [0.05, 0.1) is 17.7 Å². The van der Waals surface area contributed by atoms with E-state index in [-0.39, 0.29) is 11.8 Å². The lowest BCUT2D eigenvalue weighted by molar-refractivity contribution is 0.0643. The van der Waals surface area contributed by atoms with E-state index in [1.54, 1.807) is 12.3 Å². The Kier molecular flexibility index (Phi) is 2.44. The van der Waals surface area contributed by atoms with E-state index in [0.29, 0.717) is 17.7 Å². The monoisotopic (exact) mass is 276 g/mol. The van der Waals surface area contributed by atoms with E-state index in [4.69, 9.17) is 0 Å². The van der Waals surface area contributed by atoms with Crippen LogP contribution in [0.1, 0.15) is 26.3 Å². The number of carbonyl (C=O) groups excluding carboxylic acids is 2. The Labute approximate surface area is 121 Å². The number of benzene rings is 2. The van der Waals surface area contributed by atoms with Gasteiger partial charge in [0.2, 0.25) is 0 Å². The van der Waals surface area contributed by atoms with E-state index in [0.717, 1.165) is 16.5 Å². The highest BCUT2D eigenvalue weighted by Crippen LogP contribution is 2.30. The van der Waals surface area contributed by atoms with Crippen molar-refractivity contribution in [2.45, 2.75) is 6.54 Å². The zero-order valence-corrected chi connectivity index (χ0v) is 11.2. The maximum atomic E-state index is 12.6. The Morgan fingerprint density at radius 2 is 1.71 bits per heavy atom. The number of aromatic nitrogens is 1. The van der Waals surface area contributed by atoms with Crippen molar-refractivity contribution in [3.63, 3.8) is 0 Å². The third-order valence-corrected chi connectivity index (χ3v) is 3.85. The molecule has 0 spiro atoms. The molecule has 2 amide bonds. The van der Waals surface area contributed by atoms with Gasteiger partial charge in [0.15, 0.2) is 0 Å². The van der Waals surface area contributed by atoms with E-state index in [9.17, 15) is 9.59 Å². The molecule has 21 heavy (non-hydrogen) atoms. The van der Waals surface area contributed by atoms with Gasteiger partial charge in [0.1, 0.15) is 0 Å². The molecule has 3 aromatic rings. The number of nitrogens with one attached hydrogen (secondary N) is 1. The number of hydrogen-bond donors (Lipinski definition) is 1. The lowest BCUT2D eigenvalue weighted by Gasteiger charge is -2.13. The van der Waals surface area contributed by atoms with E-state index in [2.05, 4.69) is 4.98 Å². The molecule has 1 aromatic heterocycles. The highest BCUT2D eigenvalue weighted by Gasteiger charge is 2.36. The van der Waals surface area contributed by atoms with Crippen LogP contribution in [0.3, 0.4) is 0 Å². The molecule has 1 N–H and O–H groups in total. The molecule has 0 radical (unpaired) electrons. The van der Waals surface area contributed by atoms with Crippen LogP contribution in [0.5, 0.6) is 0 Å². The van der Waals surface area contributed by atoms with Crippen molar-refractivity contribution in [3.05, 3.63) is 71.4 Å². The van der Waals surface area contributed by atoms with Crippen molar-refractivity contribution in [1.29, 1.82) is 0 Å². The Morgan fingerprint density at radius 3 is 2.52 bits per heavy atom. The number of aromatic amines is 1. The molecule has 2 aromatic carbocycles. The summed E-state index contributed by atoms with van der Waals surface area (Å²) in [6.45, 7) is 0.305. The summed E-state index contributed by atoms with van der Waals surface area (Å²) in [5, 5.41) is 0.807. The topological polar surface area (TPSA) is 53.2 Å². The Hall–Kier alpha value is -2.88. The molecule has 0 saturated heterocycles. The first-order valence-electron chi connectivity index (χ1n) is 6.76. The highest BCUT2D eigenvalue weighted by atomic mass is 16.2. The van der Waals surface area contributed by atoms with Crippen LogP contribution < -0.4 is 0 Å². The summed E-state index contributed by atoms with van der Waals surface area (Å²) in [6, 6.07) is 14.9. The molecule has 4 heteroatoms. The van der Waals surface area contributed by atoms with Gasteiger partial charge in [0, 0.05) is 17.1 Å². The number of imide groups is 1. The predicted octanol–water partition coefficient (Wildman–Crippen LogP) is 2.96. The zero-order valence-electron chi connectivity index (χ0n) is 11.2. The van der Waals surface area contributed by atoms with Gasteiger partial charge < -0.3 is 4.98 Å². The first-order chi connectivity index (χ1) is 10.3. The Bertz CT molecular complexity index is 865. The van der Waals surface area contributed by atoms with Gasteiger partial charge >= 0.3 is 0 Å². The maximum absolute atomic E-state index is 12.6. The largest absolute Gasteiger partial charge is 0.361 e. The number of fused-ring (bicyclic) bond motifs is 3. The van der Waals surface area contributed by atoms with Crippen LogP contribution in [0.15, 0.2) is 54.7 Å². The van der Waals surface area contributed by atoms with Gasteiger partial charge in [0.25, 0.3) is 11.8 Å². The second kappa shape index (κ2) is 4.31. The molecule has 102 valence electrons. The lowest BCUT2D eigenvalue weighted by atomic mass is 10.1. The second-order valence-corrected chi connectivity index (χ2v) is 5.11. The summed E-state index contributed by atoms with van der Waals surface area (Å²) in [7, 11) is 0. The van der Waals surface area contributed by atoms with Crippen molar-refractivity contribution in [1.82, 2.24) is 9.88 Å². The van der Waals surface area contributed by atoms with E-state index >= 15 is 0 Å². The summed E-state index contributed by atoms with van der Waals surface area (Å²) in [5.41, 5.74) is 2.81. The number of amides is 2. The first kappa shape index (κ1) is 11.9. The zero-order chi connectivity index (χ0) is 14.4. The summed E-state index contributed by atoms with van der Waals surface area (Å²) >= 11 is 0. The van der Waals surface area contributed by atoms with Crippen LogP contribution in [0, 0.1) is 0 Å². The first-order valence-corrected chi connectivity index (χ1v) is 6.76. The average molecular weight is 276 g/mol. The number of carbonyl (C=O) groups is 2. The quantitative estimate of drug-likeness (QED) is 0.732. The molecular formula is C17H12N2O2. The van der Waals surface area contributed by atoms with Gasteiger partial charge in [-0.1, -0.05) is 30.3 Å². The minimum absolute atomic E-state index is 0.218. The fourth-order valence-electron chi connectivity index (χ4n) is 2.82. The number of rotatable bonds is 2. The summed E-state index contributed by atoms with van der Waals surface area (Å²) in [5.74, 6) is -0.439. The molecule has 0 fully saturated rings.